The molecule has 102 valence electrons. The smallest absolute Gasteiger partial charge is 0.250 e. The van der Waals surface area contributed by atoms with E-state index >= 15 is 0 Å². The molecular weight excluding hydrogens is 235 g/mol. The summed E-state index contributed by atoms with van der Waals surface area (Å²) in [6.07, 6.45) is 3.00. The van der Waals surface area contributed by atoms with Crippen molar-refractivity contribution in [3.63, 3.8) is 0 Å². The average molecular weight is 256 g/mol. The third-order valence-corrected chi connectivity index (χ3v) is 2.58. The summed E-state index contributed by atoms with van der Waals surface area (Å²) in [5.41, 5.74) is 6.41. The van der Waals surface area contributed by atoms with E-state index in [1.165, 1.54) is 6.20 Å². The van der Waals surface area contributed by atoms with Gasteiger partial charge in [-0.3, -0.25) is 0 Å². The summed E-state index contributed by atoms with van der Waals surface area (Å²) in [4.78, 5) is 3.84. The van der Waals surface area contributed by atoms with Crippen LogP contribution in [0.1, 0.15) is 38.3 Å². The van der Waals surface area contributed by atoms with Crippen LogP contribution in [0.15, 0.2) is 12.3 Å². The van der Waals surface area contributed by atoms with Crippen LogP contribution in [0, 0.1) is 5.82 Å². The normalized spacial score (nSPS) is 12.4. The lowest BCUT2D eigenvalue weighted by Crippen LogP contribution is -2.14. The first kappa shape index (κ1) is 14.9. The Hall–Kier alpha value is -1.20. The molecule has 1 unspecified atom stereocenters. The van der Waals surface area contributed by atoms with Crippen LogP contribution in [0.5, 0.6) is 5.88 Å². The van der Waals surface area contributed by atoms with Gasteiger partial charge < -0.3 is 15.2 Å². The van der Waals surface area contributed by atoms with Gasteiger partial charge in [0, 0.05) is 31.0 Å². The van der Waals surface area contributed by atoms with Gasteiger partial charge in [-0.05, 0) is 32.8 Å². The lowest BCUT2D eigenvalue weighted by atomic mass is 10.0. The first-order valence-electron chi connectivity index (χ1n) is 6.31. The fraction of sp³-hybridized carbons (Fsp3) is 0.615. The van der Waals surface area contributed by atoms with Gasteiger partial charge in [-0.25, -0.2) is 9.37 Å². The van der Waals surface area contributed by atoms with Gasteiger partial charge in [-0.1, -0.05) is 0 Å². The van der Waals surface area contributed by atoms with Crippen LogP contribution < -0.4 is 10.5 Å². The quantitative estimate of drug-likeness (QED) is 0.726. The molecule has 4 nitrogen and oxygen atoms in total. The second kappa shape index (κ2) is 8.00. The highest BCUT2D eigenvalue weighted by Crippen LogP contribution is 2.24. The van der Waals surface area contributed by atoms with Crippen molar-refractivity contribution in [2.75, 3.05) is 19.8 Å². The van der Waals surface area contributed by atoms with Crippen LogP contribution in [0.2, 0.25) is 0 Å². The lowest BCUT2D eigenvalue weighted by Gasteiger charge is -2.14. The average Bonchev–Trinajstić information content (AvgIpc) is 2.37. The topological polar surface area (TPSA) is 57.4 Å². The third-order valence-electron chi connectivity index (χ3n) is 2.58. The molecular formula is C13H21FN2O2. The van der Waals surface area contributed by atoms with Crippen LogP contribution in [-0.4, -0.2) is 24.8 Å². The molecule has 0 bridgehead atoms. The van der Waals surface area contributed by atoms with Crippen LogP contribution in [-0.2, 0) is 4.74 Å². The number of rotatable bonds is 8. The largest absolute Gasteiger partial charge is 0.476 e. The molecule has 1 rings (SSSR count). The molecule has 1 aromatic rings. The van der Waals surface area contributed by atoms with E-state index in [-0.39, 0.29) is 11.9 Å². The summed E-state index contributed by atoms with van der Waals surface area (Å²) < 4.78 is 24.3. The first-order chi connectivity index (χ1) is 8.70. The maximum atomic E-state index is 14.0. The maximum Gasteiger partial charge on any atom is 0.250 e. The SMILES string of the molecule is CCOCCCC(N)c1ccnc(OCC)c1F. The van der Waals surface area contributed by atoms with Crippen LogP contribution in [0.4, 0.5) is 4.39 Å². The van der Waals surface area contributed by atoms with E-state index in [0.29, 0.717) is 31.8 Å². The van der Waals surface area contributed by atoms with Crippen molar-refractivity contribution in [2.24, 2.45) is 5.73 Å². The molecule has 0 fully saturated rings. The van der Waals surface area contributed by atoms with Gasteiger partial charge >= 0.3 is 0 Å². The summed E-state index contributed by atoms with van der Waals surface area (Å²) in [6.45, 7) is 5.45. The molecule has 0 amide bonds. The summed E-state index contributed by atoms with van der Waals surface area (Å²) in [5, 5.41) is 0. The Morgan fingerprint density at radius 1 is 1.39 bits per heavy atom. The molecule has 0 aliphatic heterocycles. The summed E-state index contributed by atoms with van der Waals surface area (Å²) in [5.74, 6) is -0.432. The predicted molar refractivity (Wildman–Crippen MR) is 68.0 cm³/mol. The Morgan fingerprint density at radius 3 is 2.83 bits per heavy atom. The summed E-state index contributed by atoms with van der Waals surface area (Å²) >= 11 is 0. The highest BCUT2D eigenvalue weighted by molar-refractivity contribution is 5.26. The zero-order chi connectivity index (χ0) is 13.4. The second-order valence-corrected chi connectivity index (χ2v) is 3.90. The van der Waals surface area contributed by atoms with Gasteiger partial charge in [0.15, 0.2) is 5.82 Å². The van der Waals surface area contributed by atoms with Gasteiger partial charge in [0.25, 0.3) is 5.88 Å². The Balaban J connectivity index is 2.61. The van der Waals surface area contributed by atoms with Crippen LogP contribution in [0.3, 0.4) is 0 Å². The minimum Gasteiger partial charge on any atom is -0.476 e. The molecule has 0 aliphatic rings. The Labute approximate surface area is 107 Å². The van der Waals surface area contributed by atoms with Crippen molar-refractivity contribution in [1.29, 1.82) is 0 Å². The van der Waals surface area contributed by atoms with Gasteiger partial charge in [0.2, 0.25) is 0 Å². The fourth-order valence-electron chi connectivity index (χ4n) is 1.67. The lowest BCUT2D eigenvalue weighted by molar-refractivity contribution is 0.142. The summed E-state index contributed by atoms with van der Waals surface area (Å²) in [7, 11) is 0. The number of hydrogen-bond acceptors (Lipinski definition) is 4. The molecule has 0 spiro atoms. The highest BCUT2D eigenvalue weighted by atomic mass is 19.1. The second-order valence-electron chi connectivity index (χ2n) is 3.90. The van der Waals surface area contributed by atoms with Gasteiger partial charge in [0.05, 0.1) is 6.61 Å². The van der Waals surface area contributed by atoms with E-state index in [0.717, 1.165) is 6.42 Å². The van der Waals surface area contributed by atoms with E-state index in [2.05, 4.69) is 4.98 Å². The van der Waals surface area contributed by atoms with E-state index < -0.39 is 5.82 Å². The molecule has 0 aliphatic carbocycles. The third kappa shape index (κ3) is 4.23. The van der Waals surface area contributed by atoms with Crippen molar-refractivity contribution in [3.05, 3.63) is 23.6 Å². The molecule has 2 N–H and O–H groups in total. The molecule has 0 saturated carbocycles. The zero-order valence-electron chi connectivity index (χ0n) is 11.0. The number of halogens is 1. The fourth-order valence-corrected chi connectivity index (χ4v) is 1.67. The molecule has 0 saturated heterocycles. The summed E-state index contributed by atoms with van der Waals surface area (Å²) in [6, 6.07) is 1.25. The molecule has 1 aromatic heterocycles. The van der Waals surface area contributed by atoms with Crippen molar-refractivity contribution in [3.8, 4) is 5.88 Å². The van der Waals surface area contributed by atoms with E-state index in [1.54, 1.807) is 13.0 Å². The minimum absolute atomic E-state index is 0.0234. The Morgan fingerprint density at radius 2 is 2.17 bits per heavy atom. The number of nitrogens with two attached hydrogens (primary N) is 1. The van der Waals surface area contributed by atoms with Crippen molar-refractivity contribution < 1.29 is 13.9 Å². The number of nitrogens with zero attached hydrogens (tertiary/aromatic N) is 1. The number of aromatic nitrogens is 1. The van der Waals surface area contributed by atoms with Gasteiger partial charge in [0.1, 0.15) is 0 Å². The van der Waals surface area contributed by atoms with E-state index in [9.17, 15) is 4.39 Å². The molecule has 1 atom stereocenters. The predicted octanol–water partition coefficient (Wildman–Crippen LogP) is 2.44. The highest BCUT2D eigenvalue weighted by Gasteiger charge is 2.16. The molecule has 0 aromatic carbocycles. The first-order valence-corrected chi connectivity index (χ1v) is 6.31. The van der Waals surface area contributed by atoms with Gasteiger partial charge in [-0.15, -0.1) is 0 Å². The number of pyridine rings is 1. The van der Waals surface area contributed by atoms with Gasteiger partial charge in [-0.2, -0.15) is 0 Å². The minimum atomic E-state index is -0.455. The van der Waals surface area contributed by atoms with Crippen LogP contribution in [0.25, 0.3) is 0 Å². The standard InChI is InChI=1S/C13H21FN2O2/c1-3-17-9-5-6-11(15)10-7-8-16-13(12(10)14)18-4-2/h7-8,11H,3-6,9,15H2,1-2H3. The monoisotopic (exact) mass is 256 g/mol. The van der Waals surface area contributed by atoms with Crippen molar-refractivity contribution in [2.45, 2.75) is 32.7 Å². The number of ether oxygens (including phenoxy) is 2. The molecule has 0 radical (unpaired) electrons. The van der Waals surface area contributed by atoms with Crippen LogP contribution >= 0.6 is 0 Å². The zero-order valence-corrected chi connectivity index (χ0v) is 11.0. The molecule has 5 heteroatoms. The Kier molecular flexibility index (Phi) is 6.60. The Bertz CT molecular complexity index is 361. The number of hydrogen-bond donors (Lipinski definition) is 1. The van der Waals surface area contributed by atoms with Crippen molar-refractivity contribution in [1.82, 2.24) is 4.98 Å². The maximum absolute atomic E-state index is 14.0. The van der Waals surface area contributed by atoms with Crippen molar-refractivity contribution >= 4 is 0 Å². The molecule has 1 heterocycles. The van der Waals surface area contributed by atoms with E-state index in [4.69, 9.17) is 15.2 Å². The molecule has 18 heavy (non-hydrogen) atoms. The van der Waals surface area contributed by atoms with E-state index in [1.807, 2.05) is 6.92 Å².